The number of hydrogen-bond acceptors (Lipinski definition) is 18. The van der Waals surface area contributed by atoms with E-state index < -0.39 is 62.1 Å². The van der Waals surface area contributed by atoms with E-state index in [9.17, 15) is 15.3 Å². The average Bonchev–Trinajstić information content (AvgIpc) is 3.36. The molecule has 0 bridgehead atoms. The van der Waals surface area contributed by atoms with Crippen LogP contribution in [-0.4, -0.2) is 194 Å². The number of nitrogens with one attached hydrogen (secondary N) is 4. The third-order valence-electron chi connectivity index (χ3n) is 12.9. The molecule has 2 aromatic carbocycles. The van der Waals surface area contributed by atoms with Crippen molar-refractivity contribution in [1.82, 2.24) is 16.0 Å². The quantitative estimate of drug-likeness (QED) is 0.0244. The van der Waals surface area contributed by atoms with Crippen molar-refractivity contribution in [2.24, 2.45) is 5.73 Å². The van der Waals surface area contributed by atoms with Crippen LogP contribution < -0.4 is 37.9 Å². The number of nitrogen functional groups attached to an aromatic ring is 1. The van der Waals surface area contributed by atoms with Crippen molar-refractivity contribution in [3.05, 3.63) is 53.1 Å². The summed E-state index contributed by atoms with van der Waals surface area (Å²) in [5.41, 5.74) is 17.4. The number of aliphatic hydroxyl groups is 3. The molecule has 0 aliphatic carbocycles. The number of aryl methyl sites for hydroxylation is 2. The summed E-state index contributed by atoms with van der Waals surface area (Å²) in [6.07, 6.45) is 2.12. The Bertz CT molecular complexity index is 1850. The SMILES string of the molecule is CCc1cc(CC)c(NCC(O)COCCC[Si](C)(C)O[Si](O[SiH2]CCCOCC(O)CNC(C)COCC(C)N)(O[Si](C)(C)O[Si](C)(C)CCCOCC(O)CNC(C)COCC(C)NC)c2ccccc2)c(C)c1N. The Morgan fingerprint density at radius 1 is 0.610 bits per heavy atom. The molecule has 18 nitrogen and oxygen atoms in total. The predicted octanol–water partition coefficient (Wildman–Crippen LogP) is 4.89. The van der Waals surface area contributed by atoms with Gasteiger partial charge in [-0.25, -0.2) is 0 Å². The van der Waals surface area contributed by atoms with Gasteiger partial charge in [0.25, 0.3) is 0 Å². The molecule has 0 saturated carbocycles. The van der Waals surface area contributed by atoms with E-state index in [1.807, 2.05) is 52.9 Å². The Morgan fingerprint density at radius 3 is 1.62 bits per heavy atom. The van der Waals surface area contributed by atoms with E-state index in [4.69, 9.17) is 51.6 Å². The normalized spacial score (nSPS) is 16.3. The van der Waals surface area contributed by atoms with Gasteiger partial charge in [-0.1, -0.05) is 50.2 Å². The molecule has 0 heterocycles. The Kier molecular flexibility index (Phi) is 35.6. The molecule has 448 valence electrons. The third-order valence-corrected chi connectivity index (χ3v) is 30.7. The zero-order chi connectivity index (χ0) is 57.5. The first-order valence-corrected chi connectivity index (χ1v) is 41.0. The van der Waals surface area contributed by atoms with Crippen LogP contribution in [0.25, 0.3) is 0 Å². The van der Waals surface area contributed by atoms with Crippen LogP contribution in [0.1, 0.15) is 77.5 Å². The van der Waals surface area contributed by atoms with E-state index in [0.717, 1.165) is 77.9 Å². The van der Waals surface area contributed by atoms with E-state index in [1.165, 1.54) is 5.56 Å². The van der Waals surface area contributed by atoms with Gasteiger partial charge in [-0.3, -0.25) is 0 Å². The van der Waals surface area contributed by atoms with Crippen LogP contribution in [0.3, 0.4) is 0 Å². The number of benzene rings is 2. The third kappa shape index (κ3) is 30.9. The largest absolute Gasteiger partial charge is 0.506 e. The summed E-state index contributed by atoms with van der Waals surface area (Å²) < 4.78 is 58.5. The van der Waals surface area contributed by atoms with Crippen molar-refractivity contribution in [2.75, 3.05) is 104 Å². The molecule has 0 amide bonds. The lowest BCUT2D eigenvalue weighted by Crippen LogP contribution is -2.67. The second-order valence-corrected chi connectivity index (χ2v) is 39.9. The summed E-state index contributed by atoms with van der Waals surface area (Å²) in [5, 5.41) is 46.3. The maximum absolute atomic E-state index is 11.0. The minimum absolute atomic E-state index is 0.0162. The second kappa shape index (κ2) is 38.3. The number of nitrogens with two attached hydrogens (primary N) is 2. The van der Waals surface area contributed by atoms with Gasteiger partial charge in [0.15, 0.2) is 26.4 Å². The average molecular weight is 1180 g/mol. The van der Waals surface area contributed by atoms with Crippen molar-refractivity contribution in [1.29, 1.82) is 0 Å². The first-order valence-electron chi connectivity index (χ1n) is 28.6. The van der Waals surface area contributed by atoms with Crippen molar-refractivity contribution in [2.45, 2.75) is 180 Å². The number of anilines is 2. The number of hydrogen-bond donors (Lipinski definition) is 9. The standard InChI is InChI=1S/C54H110N6O12Si5/c1-15-47-31-48(16-2)54(46(7)53(47)56)60-34-51(63)41-66-27-22-30-75(11,12)71-77(52-23-18-17-19-24-52,69-73-28-20-25-64-39-49(61)32-58-44(5)37-67-35-42(3)55)72-76(13,14)70-74(9,10)29-21-26-65-40-50(62)33-59-45(6)38-68-36-43(4)57-8/h17-19,23-24,31,42-45,49-51,57-63H,15-16,20-22,25-30,32-41,55-56,73H2,1-14H3. The van der Waals surface area contributed by atoms with Crippen LogP contribution in [-0.2, 0) is 53.0 Å². The molecular weight excluding hydrogens is 1070 g/mol. The van der Waals surface area contributed by atoms with E-state index in [0.29, 0.717) is 65.9 Å². The maximum atomic E-state index is 11.0. The Hall–Kier alpha value is -1.52. The van der Waals surface area contributed by atoms with Crippen LogP contribution >= 0.6 is 0 Å². The summed E-state index contributed by atoms with van der Waals surface area (Å²) in [4.78, 5) is 0. The lowest BCUT2D eigenvalue weighted by molar-refractivity contribution is 0.0326. The van der Waals surface area contributed by atoms with E-state index in [1.54, 1.807) is 0 Å². The number of likely N-dealkylation sites (N-methyl/N-ethyl adjacent to an activating group) is 1. The van der Waals surface area contributed by atoms with Crippen LogP contribution in [0.5, 0.6) is 0 Å². The van der Waals surface area contributed by atoms with Gasteiger partial charge in [-0.05, 0) is 148 Å². The van der Waals surface area contributed by atoms with Crippen LogP contribution in [0.15, 0.2) is 36.4 Å². The monoisotopic (exact) mass is 1170 g/mol. The Morgan fingerprint density at radius 2 is 1.10 bits per heavy atom. The van der Waals surface area contributed by atoms with Crippen molar-refractivity contribution in [3.63, 3.8) is 0 Å². The second-order valence-electron chi connectivity index (χ2n) is 22.7. The molecule has 0 fully saturated rings. The van der Waals surface area contributed by atoms with E-state index in [-0.39, 0.29) is 44.0 Å². The summed E-state index contributed by atoms with van der Waals surface area (Å²) in [5.74, 6) is 0. The van der Waals surface area contributed by atoms with Gasteiger partial charge >= 0.3 is 17.4 Å². The van der Waals surface area contributed by atoms with Gasteiger partial charge in [-0.2, -0.15) is 0 Å². The van der Waals surface area contributed by atoms with E-state index in [2.05, 4.69) is 99.5 Å². The molecule has 11 N–H and O–H groups in total. The highest BCUT2D eigenvalue weighted by atomic mass is 28.5. The number of rotatable bonds is 47. The molecule has 8 unspecified atom stereocenters. The Labute approximate surface area is 472 Å². The molecule has 0 radical (unpaired) electrons. The molecule has 0 aromatic heterocycles. The van der Waals surface area contributed by atoms with Crippen molar-refractivity contribution < 1.29 is 55.5 Å². The van der Waals surface area contributed by atoms with Gasteiger partial charge in [0.1, 0.15) is 0 Å². The first-order chi connectivity index (χ1) is 36.4. The highest BCUT2D eigenvalue weighted by molar-refractivity contribution is 6.94. The summed E-state index contributed by atoms with van der Waals surface area (Å²) in [6, 6.07) is 15.3. The van der Waals surface area contributed by atoms with Gasteiger partial charge in [0.05, 0.1) is 64.6 Å². The number of ether oxygens (including phenoxy) is 5. The van der Waals surface area contributed by atoms with Crippen LogP contribution in [0, 0.1) is 6.92 Å². The fraction of sp³-hybridized carbons (Fsp3) is 0.778. The smallest absolute Gasteiger partial charge is 0.436 e. The molecule has 0 aliphatic rings. The molecule has 0 spiro atoms. The van der Waals surface area contributed by atoms with Gasteiger partial charge < -0.3 is 88.2 Å². The van der Waals surface area contributed by atoms with Crippen molar-refractivity contribution in [3.8, 4) is 0 Å². The minimum Gasteiger partial charge on any atom is -0.436 e. The fourth-order valence-electron chi connectivity index (χ4n) is 8.69. The van der Waals surface area contributed by atoms with Gasteiger partial charge in [0.2, 0.25) is 0 Å². The zero-order valence-electron chi connectivity index (χ0n) is 50.2. The van der Waals surface area contributed by atoms with Gasteiger partial charge in [0, 0.05) is 80.2 Å². The molecule has 2 aromatic rings. The molecule has 0 saturated heterocycles. The Balaban J connectivity index is 2.11. The van der Waals surface area contributed by atoms with Crippen molar-refractivity contribution >= 4 is 60.3 Å². The molecule has 8 atom stereocenters. The van der Waals surface area contributed by atoms with Crippen LogP contribution in [0.4, 0.5) is 11.4 Å². The van der Waals surface area contributed by atoms with E-state index >= 15 is 0 Å². The first kappa shape index (κ1) is 71.6. The minimum atomic E-state index is -3.60. The zero-order valence-corrected chi connectivity index (χ0v) is 55.6. The fourth-order valence-corrected chi connectivity index (χ4v) is 29.2. The van der Waals surface area contributed by atoms with Gasteiger partial charge in [-0.15, -0.1) is 0 Å². The number of aliphatic hydroxyl groups excluding tert-OH is 3. The lowest BCUT2D eigenvalue weighted by Gasteiger charge is -2.43. The predicted molar refractivity (Wildman–Crippen MR) is 327 cm³/mol. The van der Waals surface area contributed by atoms with Crippen LogP contribution in [0.2, 0.25) is 57.4 Å². The molecule has 23 heteroatoms. The highest BCUT2D eigenvalue weighted by Gasteiger charge is 2.53. The highest BCUT2D eigenvalue weighted by Crippen LogP contribution is 2.31. The topological polar surface area (TPSA) is 244 Å². The summed E-state index contributed by atoms with van der Waals surface area (Å²) in [6.45, 7) is 33.0. The molecule has 2 rings (SSSR count). The summed E-state index contributed by atoms with van der Waals surface area (Å²) in [7, 11) is -10.6. The lowest BCUT2D eigenvalue weighted by atomic mass is 9.97. The maximum Gasteiger partial charge on any atom is 0.506 e. The molecule has 0 aliphatic heterocycles. The summed E-state index contributed by atoms with van der Waals surface area (Å²) >= 11 is 0. The molecular formula is C54H110N6O12Si5. The molecule has 77 heavy (non-hydrogen) atoms.